The first-order chi connectivity index (χ1) is 9.33. The van der Waals surface area contributed by atoms with Crippen molar-refractivity contribution in [1.82, 2.24) is 9.88 Å². The van der Waals surface area contributed by atoms with Gasteiger partial charge >= 0.3 is 0 Å². The molecule has 0 amide bonds. The Labute approximate surface area is 113 Å². The van der Waals surface area contributed by atoms with Crippen molar-refractivity contribution in [3.05, 3.63) is 42.4 Å². The molecule has 1 aromatic heterocycles. The van der Waals surface area contributed by atoms with Crippen LogP contribution in [0.1, 0.15) is 19.2 Å². The standard InChI is InChI=1S/C15H20N2O2/c1-2-17(9-6-10-18)12-15-16-11-14(19-15)13-7-4-3-5-8-13/h3-5,7-8,11,18H,2,6,9-10,12H2,1H3. The number of benzene rings is 1. The summed E-state index contributed by atoms with van der Waals surface area (Å²) in [6, 6.07) is 9.96. The molecule has 0 saturated carbocycles. The molecule has 0 saturated heterocycles. The van der Waals surface area contributed by atoms with Crippen LogP contribution in [0.25, 0.3) is 11.3 Å². The maximum Gasteiger partial charge on any atom is 0.209 e. The van der Waals surface area contributed by atoms with E-state index in [0.29, 0.717) is 6.54 Å². The molecule has 0 atom stereocenters. The summed E-state index contributed by atoms with van der Waals surface area (Å²) >= 11 is 0. The molecule has 1 aromatic carbocycles. The van der Waals surface area contributed by atoms with E-state index in [1.54, 1.807) is 6.20 Å². The SMILES string of the molecule is CCN(CCCO)Cc1ncc(-c2ccccc2)o1. The maximum absolute atomic E-state index is 8.86. The summed E-state index contributed by atoms with van der Waals surface area (Å²) in [5.74, 6) is 1.52. The summed E-state index contributed by atoms with van der Waals surface area (Å²) in [6.45, 7) is 4.78. The van der Waals surface area contributed by atoms with Gasteiger partial charge in [-0.3, -0.25) is 4.90 Å². The van der Waals surface area contributed by atoms with Crippen molar-refractivity contribution in [2.24, 2.45) is 0 Å². The fourth-order valence-electron chi connectivity index (χ4n) is 1.95. The molecular formula is C15H20N2O2. The van der Waals surface area contributed by atoms with E-state index in [-0.39, 0.29) is 6.61 Å². The zero-order valence-electron chi connectivity index (χ0n) is 11.2. The predicted molar refractivity (Wildman–Crippen MR) is 74.6 cm³/mol. The Balaban J connectivity index is 2.01. The van der Waals surface area contributed by atoms with Crippen LogP contribution in [0.15, 0.2) is 40.9 Å². The zero-order valence-corrected chi connectivity index (χ0v) is 11.2. The van der Waals surface area contributed by atoms with Gasteiger partial charge < -0.3 is 9.52 Å². The van der Waals surface area contributed by atoms with Gasteiger partial charge in [0.2, 0.25) is 5.89 Å². The quantitative estimate of drug-likeness (QED) is 0.831. The lowest BCUT2D eigenvalue weighted by Gasteiger charge is -2.17. The number of nitrogens with zero attached hydrogens (tertiary/aromatic N) is 2. The van der Waals surface area contributed by atoms with E-state index in [0.717, 1.165) is 36.7 Å². The highest BCUT2D eigenvalue weighted by Crippen LogP contribution is 2.20. The largest absolute Gasteiger partial charge is 0.439 e. The molecule has 19 heavy (non-hydrogen) atoms. The van der Waals surface area contributed by atoms with Crippen LogP contribution in [0.3, 0.4) is 0 Å². The molecular weight excluding hydrogens is 240 g/mol. The van der Waals surface area contributed by atoms with Gasteiger partial charge in [0, 0.05) is 18.7 Å². The fraction of sp³-hybridized carbons (Fsp3) is 0.400. The highest BCUT2D eigenvalue weighted by atomic mass is 16.4. The van der Waals surface area contributed by atoms with Crippen molar-refractivity contribution in [3.63, 3.8) is 0 Å². The lowest BCUT2D eigenvalue weighted by atomic mass is 10.2. The van der Waals surface area contributed by atoms with E-state index in [2.05, 4.69) is 16.8 Å². The first kappa shape index (κ1) is 13.8. The molecule has 0 unspecified atom stereocenters. The van der Waals surface area contributed by atoms with Crippen molar-refractivity contribution in [1.29, 1.82) is 0 Å². The molecule has 0 aliphatic carbocycles. The molecule has 4 nitrogen and oxygen atoms in total. The average molecular weight is 260 g/mol. The Hall–Kier alpha value is -1.65. The minimum atomic E-state index is 0.220. The van der Waals surface area contributed by atoms with Crippen LogP contribution in [-0.2, 0) is 6.54 Å². The van der Waals surface area contributed by atoms with Crippen LogP contribution in [0.5, 0.6) is 0 Å². The number of rotatable bonds is 7. The van der Waals surface area contributed by atoms with Crippen LogP contribution in [0.2, 0.25) is 0 Å². The number of aromatic nitrogens is 1. The molecule has 0 aliphatic rings. The maximum atomic E-state index is 8.86. The Bertz CT molecular complexity index is 482. The number of aliphatic hydroxyl groups excluding tert-OH is 1. The van der Waals surface area contributed by atoms with Crippen LogP contribution < -0.4 is 0 Å². The highest BCUT2D eigenvalue weighted by Gasteiger charge is 2.09. The number of hydrogen-bond acceptors (Lipinski definition) is 4. The smallest absolute Gasteiger partial charge is 0.209 e. The van der Waals surface area contributed by atoms with Crippen molar-refractivity contribution in [2.75, 3.05) is 19.7 Å². The summed E-state index contributed by atoms with van der Waals surface area (Å²) in [6.07, 6.45) is 2.55. The monoisotopic (exact) mass is 260 g/mol. The van der Waals surface area contributed by atoms with Gasteiger partial charge in [-0.05, 0) is 13.0 Å². The molecule has 4 heteroatoms. The third-order valence-electron chi connectivity index (χ3n) is 3.05. The Morgan fingerprint density at radius 2 is 2.05 bits per heavy atom. The fourth-order valence-corrected chi connectivity index (χ4v) is 1.95. The normalized spacial score (nSPS) is 11.1. The molecule has 102 valence electrons. The van der Waals surface area contributed by atoms with E-state index in [1.807, 2.05) is 30.3 Å². The van der Waals surface area contributed by atoms with E-state index >= 15 is 0 Å². The van der Waals surface area contributed by atoms with E-state index < -0.39 is 0 Å². The molecule has 1 heterocycles. The second kappa shape index (κ2) is 7.07. The average Bonchev–Trinajstić information content (AvgIpc) is 2.93. The molecule has 0 bridgehead atoms. The minimum Gasteiger partial charge on any atom is -0.439 e. The highest BCUT2D eigenvalue weighted by molar-refractivity contribution is 5.55. The first-order valence-corrected chi connectivity index (χ1v) is 6.66. The van der Waals surface area contributed by atoms with Crippen LogP contribution in [-0.4, -0.2) is 34.7 Å². The number of hydrogen-bond donors (Lipinski definition) is 1. The number of oxazole rings is 1. The molecule has 2 rings (SSSR count). The summed E-state index contributed by atoms with van der Waals surface area (Å²) in [7, 11) is 0. The van der Waals surface area contributed by atoms with E-state index in [9.17, 15) is 0 Å². The number of aliphatic hydroxyl groups is 1. The van der Waals surface area contributed by atoms with Gasteiger partial charge in [-0.15, -0.1) is 0 Å². The van der Waals surface area contributed by atoms with Crippen LogP contribution in [0, 0.1) is 0 Å². The second-order valence-electron chi connectivity index (χ2n) is 4.43. The van der Waals surface area contributed by atoms with Crippen LogP contribution >= 0.6 is 0 Å². The molecule has 0 aliphatic heterocycles. The summed E-state index contributed by atoms with van der Waals surface area (Å²) in [4.78, 5) is 6.52. The first-order valence-electron chi connectivity index (χ1n) is 6.66. The van der Waals surface area contributed by atoms with Crippen molar-refractivity contribution in [3.8, 4) is 11.3 Å². The van der Waals surface area contributed by atoms with Gasteiger partial charge in [-0.2, -0.15) is 0 Å². The van der Waals surface area contributed by atoms with Gasteiger partial charge in [0.15, 0.2) is 5.76 Å². The van der Waals surface area contributed by atoms with Gasteiger partial charge in [-0.25, -0.2) is 4.98 Å². The van der Waals surface area contributed by atoms with Crippen LogP contribution in [0.4, 0.5) is 0 Å². The van der Waals surface area contributed by atoms with Crippen molar-refractivity contribution < 1.29 is 9.52 Å². The topological polar surface area (TPSA) is 49.5 Å². The molecule has 0 spiro atoms. The summed E-state index contributed by atoms with van der Waals surface area (Å²) in [5, 5.41) is 8.86. The molecule has 1 N–H and O–H groups in total. The van der Waals surface area contributed by atoms with Gasteiger partial charge in [0.25, 0.3) is 0 Å². The van der Waals surface area contributed by atoms with E-state index in [1.165, 1.54) is 0 Å². The summed E-state index contributed by atoms with van der Waals surface area (Å²) in [5.41, 5.74) is 1.04. The third kappa shape index (κ3) is 3.91. The second-order valence-corrected chi connectivity index (χ2v) is 4.43. The Morgan fingerprint density at radius 1 is 1.26 bits per heavy atom. The Morgan fingerprint density at radius 3 is 2.74 bits per heavy atom. The van der Waals surface area contributed by atoms with E-state index in [4.69, 9.17) is 9.52 Å². The molecule has 0 radical (unpaired) electrons. The minimum absolute atomic E-state index is 0.220. The zero-order chi connectivity index (χ0) is 13.5. The van der Waals surface area contributed by atoms with Crippen molar-refractivity contribution >= 4 is 0 Å². The van der Waals surface area contributed by atoms with Gasteiger partial charge in [0.05, 0.1) is 12.7 Å². The molecule has 2 aromatic rings. The lowest BCUT2D eigenvalue weighted by Crippen LogP contribution is -2.24. The van der Waals surface area contributed by atoms with Gasteiger partial charge in [0.1, 0.15) is 0 Å². The van der Waals surface area contributed by atoms with Gasteiger partial charge in [-0.1, -0.05) is 37.3 Å². The summed E-state index contributed by atoms with van der Waals surface area (Å²) < 4.78 is 5.77. The van der Waals surface area contributed by atoms with Crippen molar-refractivity contribution in [2.45, 2.75) is 19.9 Å². The Kier molecular flexibility index (Phi) is 5.12. The lowest BCUT2D eigenvalue weighted by molar-refractivity contribution is 0.212. The third-order valence-corrected chi connectivity index (χ3v) is 3.05. The predicted octanol–water partition coefficient (Wildman–Crippen LogP) is 2.55. The molecule has 0 fully saturated rings.